The third-order valence-electron chi connectivity index (χ3n) is 2.43. The van der Waals surface area contributed by atoms with E-state index in [2.05, 4.69) is 9.73 Å². The van der Waals surface area contributed by atoms with E-state index >= 15 is 0 Å². The summed E-state index contributed by atoms with van der Waals surface area (Å²) in [6, 6.07) is 0. The van der Waals surface area contributed by atoms with Crippen molar-refractivity contribution in [2.24, 2.45) is 16.1 Å². The molecule has 0 aromatic carbocycles. The minimum atomic E-state index is -4.96. The lowest BCUT2D eigenvalue weighted by Crippen LogP contribution is -2.30. The van der Waals surface area contributed by atoms with Gasteiger partial charge in [0.15, 0.2) is 5.71 Å². The maximum atomic E-state index is 13.0. The Labute approximate surface area is 125 Å². The fourth-order valence-electron chi connectivity index (χ4n) is 1.12. The van der Waals surface area contributed by atoms with Crippen molar-refractivity contribution in [3.05, 3.63) is 24.0 Å². The van der Waals surface area contributed by atoms with Crippen molar-refractivity contribution in [2.75, 3.05) is 6.61 Å². The monoisotopic (exact) mass is 322 g/mol. The van der Waals surface area contributed by atoms with Gasteiger partial charge in [-0.3, -0.25) is 9.79 Å². The van der Waals surface area contributed by atoms with Crippen LogP contribution in [0.3, 0.4) is 0 Å². The Bertz CT molecular complexity index is 520. The van der Waals surface area contributed by atoms with Gasteiger partial charge in [-0.1, -0.05) is 0 Å². The molecule has 0 aromatic heterocycles. The largest absolute Gasteiger partial charge is 0.481 e. The van der Waals surface area contributed by atoms with Crippen molar-refractivity contribution in [2.45, 2.75) is 26.9 Å². The second-order valence-electron chi connectivity index (χ2n) is 4.62. The number of carbonyl (C=O) groups excluding carboxylic acids is 1. The molecular formula is C13H17F3N2O4. The number of halogens is 3. The standard InChI is InChI=1S/C13H17F3N2O4/c1-4-22-10(19)8(7-17)9(13(14,15)16)18-6-5-12(2,3)11(20)21/h5-7H,4,17H2,1-3H3,(H,20,21)/b6-5+,8-7+,18-9-. The molecule has 0 atom stereocenters. The zero-order valence-electron chi connectivity index (χ0n) is 12.3. The Morgan fingerprint density at radius 2 is 1.86 bits per heavy atom. The second-order valence-corrected chi connectivity index (χ2v) is 4.62. The van der Waals surface area contributed by atoms with Gasteiger partial charge in [0.05, 0.1) is 12.0 Å². The quantitative estimate of drug-likeness (QED) is 0.442. The van der Waals surface area contributed by atoms with Crippen LogP contribution in [0.2, 0.25) is 0 Å². The number of nitrogens with zero attached hydrogens (tertiary/aromatic N) is 1. The third kappa shape index (κ3) is 5.58. The molecule has 124 valence electrons. The molecule has 0 unspecified atom stereocenters. The lowest BCUT2D eigenvalue weighted by atomic mass is 9.94. The molecule has 0 saturated heterocycles. The summed E-state index contributed by atoms with van der Waals surface area (Å²) in [6.45, 7) is 3.84. The van der Waals surface area contributed by atoms with E-state index < -0.39 is 34.8 Å². The molecule has 0 fully saturated rings. The van der Waals surface area contributed by atoms with Gasteiger partial charge in [0, 0.05) is 12.4 Å². The van der Waals surface area contributed by atoms with Gasteiger partial charge in [-0.2, -0.15) is 13.2 Å². The van der Waals surface area contributed by atoms with Gasteiger partial charge in [0.2, 0.25) is 0 Å². The smallest absolute Gasteiger partial charge is 0.434 e. The van der Waals surface area contributed by atoms with Gasteiger partial charge < -0.3 is 15.6 Å². The number of nitrogens with two attached hydrogens (primary N) is 1. The highest BCUT2D eigenvalue weighted by molar-refractivity contribution is 6.22. The summed E-state index contributed by atoms with van der Waals surface area (Å²) >= 11 is 0. The van der Waals surface area contributed by atoms with E-state index in [0.717, 1.165) is 6.08 Å². The van der Waals surface area contributed by atoms with E-state index in [1.165, 1.54) is 20.8 Å². The Kier molecular flexibility index (Phi) is 6.82. The van der Waals surface area contributed by atoms with Crippen LogP contribution in [0.5, 0.6) is 0 Å². The summed E-state index contributed by atoms with van der Waals surface area (Å²) in [4.78, 5) is 25.4. The number of aliphatic imine (C=N–C) groups is 1. The number of alkyl halides is 3. The molecule has 22 heavy (non-hydrogen) atoms. The maximum Gasteiger partial charge on any atom is 0.434 e. The number of aliphatic carboxylic acids is 1. The molecule has 0 aliphatic heterocycles. The van der Waals surface area contributed by atoms with Crippen molar-refractivity contribution in [1.29, 1.82) is 0 Å². The van der Waals surface area contributed by atoms with Crippen molar-refractivity contribution >= 4 is 17.7 Å². The van der Waals surface area contributed by atoms with Crippen LogP contribution in [0.4, 0.5) is 13.2 Å². The summed E-state index contributed by atoms with van der Waals surface area (Å²) in [6.07, 6.45) is -2.89. The molecule has 0 rings (SSSR count). The lowest BCUT2D eigenvalue weighted by molar-refractivity contribution is -0.144. The van der Waals surface area contributed by atoms with Crippen LogP contribution >= 0.6 is 0 Å². The number of esters is 1. The van der Waals surface area contributed by atoms with E-state index in [1.54, 1.807) is 0 Å². The molecule has 9 heteroatoms. The molecule has 0 bridgehead atoms. The highest BCUT2D eigenvalue weighted by atomic mass is 19.4. The first-order valence-electron chi connectivity index (χ1n) is 6.12. The van der Waals surface area contributed by atoms with Gasteiger partial charge in [0.25, 0.3) is 0 Å². The highest BCUT2D eigenvalue weighted by Crippen LogP contribution is 2.24. The SMILES string of the molecule is CCOC(=O)C(=C/N)/C(=N/C=C/C(C)(C)C(=O)O)C(F)(F)F. The van der Waals surface area contributed by atoms with Gasteiger partial charge in [0.1, 0.15) is 5.57 Å². The second kappa shape index (κ2) is 7.62. The molecule has 0 saturated carbocycles. The molecule has 0 amide bonds. The number of carbonyl (C=O) groups is 2. The molecular weight excluding hydrogens is 305 g/mol. The first-order chi connectivity index (χ1) is 9.97. The van der Waals surface area contributed by atoms with Crippen LogP contribution in [0.25, 0.3) is 0 Å². The number of rotatable bonds is 6. The first-order valence-corrected chi connectivity index (χ1v) is 6.12. The van der Waals surface area contributed by atoms with E-state index in [1.807, 2.05) is 0 Å². The number of hydrogen-bond donors (Lipinski definition) is 2. The Hall–Kier alpha value is -2.32. The van der Waals surface area contributed by atoms with Crippen LogP contribution in [0.15, 0.2) is 29.0 Å². The van der Waals surface area contributed by atoms with E-state index in [4.69, 9.17) is 10.8 Å². The predicted molar refractivity (Wildman–Crippen MR) is 73.0 cm³/mol. The summed E-state index contributed by atoms with van der Waals surface area (Å²) < 4.78 is 43.3. The van der Waals surface area contributed by atoms with Gasteiger partial charge >= 0.3 is 18.1 Å². The third-order valence-corrected chi connectivity index (χ3v) is 2.43. The fraction of sp³-hybridized carbons (Fsp3) is 0.462. The van der Waals surface area contributed by atoms with Gasteiger partial charge in [-0.05, 0) is 26.8 Å². The molecule has 0 heterocycles. The molecule has 0 radical (unpaired) electrons. The number of carboxylic acid groups (broad SMARTS) is 1. The van der Waals surface area contributed by atoms with Crippen molar-refractivity contribution < 1.29 is 32.6 Å². The summed E-state index contributed by atoms with van der Waals surface area (Å²) in [5, 5.41) is 8.85. The van der Waals surface area contributed by atoms with E-state index in [-0.39, 0.29) is 6.61 Å². The number of ether oxygens (including phenoxy) is 1. The molecule has 6 nitrogen and oxygen atoms in total. The molecule has 3 N–H and O–H groups in total. The average molecular weight is 322 g/mol. The maximum absolute atomic E-state index is 13.0. The Morgan fingerprint density at radius 1 is 1.32 bits per heavy atom. The van der Waals surface area contributed by atoms with Crippen LogP contribution in [0, 0.1) is 5.41 Å². The highest BCUT2D eigenvalue weighted by Gasteiger charge is 2.40. The van der Waals surface area contributed by atoms with Crippen molar-refractivity contribution in [3.8, 4) is 0 Å². The number of hydrogen-bond acceptors (Lipinski definition) is 5. The van der Waals surface area contributed by atoms with Crippen LogP contribution < -0.4 is 5.73 Å². The Balaban J connectivity index is 5.67. The molecule has 0 aliphatic rings. The van der Waals surface area contributed by atoms with Crippen molar-refractivity contribution in [1.82, 2.24) is 0 Å². The Morgan fingerprint density at radius 3 is 2.23 bits per heavy atom. The van der Waals surface area contributed by atoms with Gasteiger partial charge in [-0.15, -0.1) is 0 Å². The topological polar surface area (TPSA) is 102 Å². The summed E-state index contributed by atoms with van der Waals surface area (Å²) in [7, 11) is 0. The first kappa shape index (κ1) is 19.7. The summed E-state index contributed by atoms with van der Waals surface area (Å²) in [5.41, 5.74) is 1.11. The fourth-order valence-corrected chi connectivity index (χ4v) is 1.12. The normalized spacial score (nSPS) is 14.3. The van der Waals surface area contributed by atoms with E-state index in [9.17, 15) is 22.8 Å². The van der Waals surface area contributed by atoms with E-state index in [0.29, 0.717) is 12.4 Å². The molecule has 0 aliphatic carbocycles. The molecule has 0 spiro atoms. The summed E-state index contributed by atoms with van der Waals surface area (Å²) in [5.74, 6) is -2.51. The van der Waals surface area contributed by atoms with Crippen LogP contribution in [0.1, 0.15) is 20.8 Å². The van der Waals surface area contributed by atoms with Crippen molar-refractivity contribution in [3.63, 3.8) is 0 Å². The minimum absolute atomic E-state index is 0.136. The van der Waals surface area contributed by atoms with Crippen LogP contribution in [-0.2, 0) is 14.3 Å². The van der Waals surface area contributed by atoms with Crippen LogP contribution in [-0.4, -0.2) is 35.5 Å². The minimum Gasteiger partial charge on any atom is -0.481 e. The zero-order valence-corrected chi connectivity index (χ0v) is 12.3. The van der Waals surface area contributed by atoms with Gasteiger partial charge in [-0.25, -0.2) is 4.79 Å². The molecule has 0 aromatic rings. The number of carboxylic acids is 1. The average Bonchev–Trinajstić information content (AvgIpc) is 2.36. The zero-order chi connectivity index (χ0) is 17.6. The lowest BCUT2D eigenvalue weighted by Gasteiger charge is -2.14. The predicted octanol–water partition coefficient (Wildman–Crippen LogP) is 2.02.